The summed E-state index contributed by atoms with van der Waals surface area (Å²) >= 11 is 0. The van der Waals surface area contributed by atoms with Crippen LogP contribution >= 0.6 is 0 Å². The largest absolute Gasteiger partial charge is 0.456 e. The second-order valence-electron chi connectivity index (χ2n) is 13.1. The number of furan rings is 1. The topological polar surface area (TPSA) is 51.8 Å². The van der Waals surface area contributed by atoms with E-state index in [2.05, 4.69) is 97.1 Å². The number of fused-ring (bicyclic) bond motifs is 13. The van der Waals surface area contributed by atoms with E-state index in [1.54, 1.807) is 0 Å². The zero-order chi connectivity index (χ0) is 32.8. The summed E-state index contributed by atoms with van der Waals surface area (Å²) in [5.41, 5.74) is 14.1. The average molecular weight is 638 g/mol. The van der Waals surface area contributed by atoms with Crippen LogP contribution in [0, 0.1) is 0 Å². The third-order valence-corrected chi connectivity index (χ3v) is 10.5. The van der Waals surface area contributed by atoms with Crippen molar-refractivity contribution in [2.45, 2.75) is 5.41 Å². The molecule has 1 unspecified atom stereocenters. The molecule has 7 aromatic carbocycles. The van der Waals surface area contributed by atoms with E-state index in [9.17, 15) is 0 Å². The minimum atomic E-state index is -0.543. The highest BCUT2D eigenvalue weighted by Gasteiger charge is 2.52. The lowest BCUT2D eigenvalue weighted by molar-refractivity contribution is 0.666. The molecular weight excluding hydrogens is 611 g/mol. The van der Waals surface area contributed by atoms with Crippen LogP contribution in [0.5, 0.6) is 0 Å². The van der Waals surface area contributed by atoms with Gasteiger partial charge in [-0.15, -0.1) is 0 Å². The number of aromatic nitrogens is 3. The molecule has 9 aromatic rings. The molecule has 4 nitrogen and oxygen atoms in total. The summed E-state index contributed by atoms with van der Waals surface area (Å²) in [5, 5.41) is 2.27. The molecule has 0 amide bonds. The van der Waals surface area contributed by atoms with Crippen LogP contribution in [0.25, 0.3) is 78.4 Å². The summed E-state index contributed by atoms with van der Waals surface area (Å²) in [6.45, 7) is 0. The third-order valence-electron chi connectivity index (χ3n) is 10.5. The fourth-order valence-electron chi connectivity index (χ4n) is 8.43. The molecule has 1 spiro atoms. The van der Waals surface area contributed by atoms with E-state index >= 15 is 0 Å². The number of para-hydroxylation sites is 1. The summed E-state index contributed by atoms with van der Waals surface area (Å²) < 4.78 is 6.53. The first kappa shape index (κ1) is 27.3. The highest BCUT2D eigenvalue weighted by atomic mass is 16.3. The maximum absolute atomic E-state index is 6.53. The van der Waals surface area contributed by atoms with Crippen molar-refractivity contribution in [1.29, 1.82) is 0 Å². The first-order valence-corrected chi connectivity index (χ1v) is 16.9. The van der Waals surface area contributed by atoms with E-state index in [0.29, 0.717) is 17.5 Å². The summed E-state index contributed by atoms with van der Waals surface area (Å²) in [6.07, 6.45) is 0. The number of benzene rings is 7. The lowest BCUT2D eigenvalue weighted by Gasteiger charge is -2.30. The van der Waals surface area contributed by atoms with Gasteiger partial charge in [0.15, 0.2) is 17.5 Å². The van der Waals surface area contributed by atoms with Crippen LogP contribution in [0.4, 0.5) is 0 Å². The maximum atomic E-state index is 6.53. The van der Waals surface area contributed by atoms with E-state index < -0.39 is 5.41 Å². The quantitative estimate of drug-likeness (QED) is 0.193. The molecule has 0 radical (unpaired) electrons. The Kier molecular flexibility index (Phi) is 5.56. The summed E-state index contributed by atoms with van der Waals surface area (Å²) in [7, 11) is 0. The second-order valence-corrected chi connectivity index (χ2v) is 13.1. The van der Waals surface area contributed by atoms with Gasteiger partial charge in [0.05, 0.1) is 5.41 Å². The van der Waals surface area contributed by atoms with Crippen molar-refractivity contribution >= 4 is 21.9 Å². The minimum absolute atomic E-state index is 0.543. The average Bonchev–Trinajstić information content (AvgIpc) is 3.80. The summed E-state index contributed by atoms with van der Waals surface area (Å²) in [5.74, 6) is 1.94. The Morgan fingerprint density at radius 1 is 0.340 bits per heavy atom. The number of hydrogen-bond acceptors (Lipinski definition) is 4. The minimum Gasteiger partial charge on any atom is -0.456 e. The van der Waals surface area contributed by atoms with Gasteiger partial charge in [0.2, 0.25) is 0 Å². The standard InChI is InChI=1S/C46H27N3O/c1-3-13-28(14-4-1)43-47-44(29-15-5-2-6-16-29)49-45(48-43)30-23-24-33-31-17-7-10-20-37(31)46(39(33)25-30)38-21-11-8-18-32(38)35-26-36-34-19-9-12-22-41(34)50-42(36)27-40(35)46/h1-27H. The Bertz CT molecular complexity index is 2760. The lowest BCUT2D eigenvalue weighted by atomic mass is 9.70. The van der Waals surface area contributed by atoms with Gasteiger partial charge >= 0.3 is 0 Å². The first-order valence-electron chi connectivity index (χ1n) is 16.9. The Labute approximate surface area is 288 Å². The van der Waals surface area contributed by atoms with Gasteiger partial charge in [-0.1, -0.05) is 140 Å². The molecule has 0 saturated heterocycles. The summed E-state index contributed by atoms with van der Waals surface area (Å²) in [6, 6.07) is 57.8. The van der Waals surface area contributed by atoms with Gasteiger partial charge in [0.25, 0.3) is 0 Å². The fourth-order valence-corrected chi connectivity index (χ4v) is 8.43. The van der Waals surface area contributed by atoms with Crippen LogP contribution in [0.3, 0.4) is 0 Å². The van der Waals surface area contributed by atoms with E-state index in [1.807, 2.05) is 66.7 Å². The van der Waals surface area contributed by atoms with E-state index in [4.69, 9.17) is 19.4 Å². The van der Waals surface area contributed by atoms with Gasteiger partial charge in [-0.3, -0.25) is 0 Å². The van der Waals surface area contributed by atoms with Gasteiger partial charge in [-0.25, -0.2) is 15.0 Å². The third kappa shape index (κ3) is 3.67. The van der Waals surface area contributed by atoms with Crippen LogP contribution in [0.15, 0.2) is 168 Å². The molecule has 2 heterocycles. The monoisotopic (exact) mass is 637 g/mol. The smallest absolute Gasteiger partial charge is 0.164 e. The predicted molar refractivity (Wildman–Crippen MR) is 200 cm³/mol. The van der Waals surface area contributed by atoms with E-state index in [1.165, 1.54) is 44.5 Å². The van der Waals surface area contributed by atoms with Crippen molar-refractivity contribution in [1.82, 2.24) is 15.0 Å². The van der Waals surface area contributed by atoms with Crippen LogP contribution in [0.1, 0.15) is 22.3 Å². The van der Waals surface area contributed by atoms with Crippen molar-refractivity contribution in [3.8, 4) is 56.4 Å². The van der Waals surface area contributed by atoms with Gasteiger partial charge in [0.1, 0.15) is 11.2 Å². The van der Waals surface area contributed by atoms with Crippen molar-refractivity contribution in [3.05, 3.63) is 186 Å². The maximum Gasteiger partial charge on any atom is 0.164 e. The van der Waals surface area contributed by atoms with Gasteiger partial charge < -0.3 is 4.42 Å². The van der Waals surface area contributed by atoms with Crippen molar-refractivity contribution in [2.24, 2.45) is 0 Å². The molecular formula is C46H27N3O. The normalized spacial score (nSPS) is 15.3. The predicted octanol–water partition coefficient (Wildman–Crippen LogP) is 11.1. The molecule has 11 rings (SSSR count). The number of hydrogen-bond donors (Lipinski definition) is 0. The molecule has 0 bridgehead atoms. The Balaban J connectivity index is 1.20. The molecule has 0 aliphatic heterocycles. The molecule has 4 heteroatoms. The fraction of sp³-hybridized carbons (Fsp3) is 0.0217. The Morgan fingerprint density at radius 3 is 1.54 bits per heavy atom. The van der Waals surface area contributed by atoms with Crippen molar-refractivity contribution < 1.29 is 4.42 Å². The van der Waals surface area contributed by atoms with Crippen molar-refractivity contribution in [2.75, 3.05) is 0 Å². The van der Waals surface area contributed by atoms with Crippen LogP contribution in [0.2, 0.25) is 0 Å². The SMILES string of the molecule is c1ccc(-c2nc(-c3ccccc3)nc(-c3ccc4c(c3)C3(c5ccccc5-4)c4ccccc4-c4cc5c(cc43)oc3ccccc35)n2)cc1. The molecule has 232 valence electrons. The molecule has 0 fully saturated rings. The van der Waals surface area contributed by atoms with Gasteiger partial charge in [-0.05, 0) is 68.8 Å². The molecule has 2 aliphatic rings. The summed E-state index contributed by atoms with van der Waals surface area (Å²) in [4.78, 5) is 15.2. The second kappa shape index (κ2) is 10.2. The van der Waals surface area contributed by atoms with Crippen LogP contribution < -0.4 is 0 Å². The number of rotatable bonds is 3. The number of nitrogens with zero attached hydrogens (tertiary/aromatic N) is 3. The Morgan fingerprint density at radius 2 is 0.860 bits per heavy atom. The zero-order valence-corrected chi connectivity index (χ0v) is 26.8. The first-order chi connectivity index (χ1) is 24.8. The van der Waals surface area contributed by atoms with E-state index in [-0.39, 0.29) is 0 Å². The molecule has 1 atom stereocenters. The molecule has 2 aliphatic carbocycles. The van der Waals surface area contributed by atoms with Crippen LogP contribution in [-0.4, -0.2) is 15.0 Å². The highest BCUT2D eigenvalue weighted by molar-refractivity contribution is 6.09. The lowest BCUT2D eigenvalue weighted by Crippen LogP contribution is -2.25. The zero-order valence-electron chi connectivity index (χ0n) is 26.8. The van der Waals surface area contributed by atoms with Gasteiger partial charge in [0, 0.05) is 27.5 Å². The Hall–Kier alpha value is -6.65. The van der Waals surface area contributed by atoms with Crippen LogP contribution in [-0.2, 0) is 5.41 Å². The molecule has 50 heavy (non-hydrogen) atoms. The van der Waals surface area contributed by atoms with Gasteiger partial charge in [-0.2, -0.15) is 0 Å². The molecule has 0 N–H and O–H groups in total. The molecule has 2 aromatic heterocycles. The van der Waals surface area contributed by atoms with E-state index in [0.717, 1.165) is 38.6 Å². The molecule has 0 saturated carbocycles. The van der Waals surface area contributed by atoms with Crippen molar-refractivity contribution in [3.63, 3.8) is 0 Å². The highest BCUT2D eigenvalue weighted by Crippen LogP contribution is 2.63.